The van der Waals surface area contributed by atoms with Crippen LogP contribution in [0.5, 0.6) is 0 Å². The Morgan fingerprint density at radius 1 is 1.50 bits per heavy atom. The Hall–Kier alpha value is -0.840. The van der Waals surface area contributed by atoms with Crippen LogP contribution in [0.4, 0.5) is 0 Å². The van der Waals surface area contributed by atoms with Crippen LogP contribution in [0.2, 0.25) is 5.02 Å². The van der Waals surface area contributed by atoms with E-state index in [0.29, 0.717) is 10.7 Å². The number of nitrogens with zero attached hydrogens (tertiary/aromatic N) is 2. The van der Waals surface area contributed by atoms with Crippen molar-refractivity contribution in [2.45, 2.75) is 39.8 Å². The van der Waals surface area contributed by atoms with Gasteiger partial charge in [-0.15, -0.1) is 11.3 Å². The topological polar surface area (TPSA) is 38.0 Å². The van der Waals surface area contributed by atoms with Gasteiger partial charge in [0.25, 0.3) is 0 Å². The van der Waals surface area contributed by atoms with Gasteiger partial charge in [0.05, 0.1) is 16.9 Å². The van der Waals surface area contributed by atoms with Crippen molar-refractivity contribution in [3.63, 3.8) is 0 Å². The van der Waals surface area contributed by atoms with E-state index in [4.69, 9.17) is 11.6 Å². The molecule has 1 atom stereocenters. The van der Waals surface area contributed by atoms with E-state index >= 15 is 0 Å². The third-order valence-electron chi connectivity index (χ3n) is 2.98. The highest BCUT2D eigenvalue weighted by atomic mass is 35.5. The molecule has 1 N–H and O–H groups in total. The Balaban J connectivity index is 2.38. The average Bonchev–Trinajstić information content (AvgIpc) is 2.84. The normalized spacial score (nSPS) is 12.9. The lowest BCUT2D eigenvalue weighted by molar-refractivity contribution is 0.211. The Labute approximate surface area is 116 Å². The Morgan fingerprint density at radius 2 is 2.22 bits per heavy atom. The number of aliphatic hydroxyl groups excluding tert-OH is 1. The highest BCUT2D eigenvalue weighted by Crippen LogP contribution is 2.33. The third-order valence-corrected chi connectivity index (χ3v) is 4.48. The van der Waals surface area contributed by atoms with E-state index in [1.54, 1.807) is 22.2 Å². The minimum absolute atomic E-state index is 0.527. The lowest BCUT2D eigenvalue weighted by atomic mass is 10.2. The standard InChI is InChI=1S/C13H17ClN2OS/c1-4-5-16-12(10(14)7-15-16)13(17)11-6-8(2)9(3)18-11/h6-7,13,17H,4-5H2,1-3H3. The first-order valence-electron chi connectivity index (χ1n) is 6.00. The molecule has 0 aliphatic rings. The Bertz CT molecular complexity index is 528. The minimum atomic E-state index is -0.691. The van der Waals surface area contributed by atoms with Crippen molar-refractivity contribution in [2.75, 3.05) is 0 Å². The quantitative estimate of drug-likeness (QED) is 0.929. The van der Waals surface area contributed by atoms with Crippen molar-refractivity contribution in [1.29, 1.82) is 0 Å². The van der Waals surface area contributed by atoms with Gasteiger partial charge in [0.1, 0.15) is 6.10 Å². The molecule has 0 aliphatic heterocycles. The van der Waals surface area contributed by atoms with Gasteiger partial charge in [0, 0.05) is 16.3 Å². The van der Waals surface area contributed by atoms with Gasteiger partial charge >= 0.3 is 0 Å². The van der Waals surface area contributed by atoms with Gasteiger partial charge in [-0.05, 0) is 31.9 Å². The van der Waals surface area contributed by atoms with Crippen molar-refractivity contribution >= 4 is 22.9 Å². The molecule has 5 heteroatoms. The summed E-state index contributed by atoms with van der Waals surface area (Å²) in [6.07, 6.45) is 1.87. The van der Waals surface area contributed by atoms with E-state index in [9.17, 15) is 5.11 Å². The molecule has 0 saturated heterocycles. The summed E-state index contributed by atoms with van der Waals surface area (Å²) in [6, 6.07) is 2.02. The molecule has 0 fully saturated rings. The predicted octanol–water partition coefficient (Wildman–Crippen LogP) is 3.71. The Morgan fingerprint density at radius 3 is 2.78 bits per heavy atom. The molecule has 2 rings (SSSR count). The van der Waals surface area contributed by atoms with Crippen molar-refractivity contribution in [1.82, 2.24) is 9.78 Å². The molecule has 0 radical (unpaired) electrons. The van der Waals surface area contributed by atoms with Gasteiger partial charge in [0.15, 0.2) is 0 Å². The lowest BCUT2D eigenvalue weighted by Crippen LogP contribution is -2.09. The zero-order valence-corrected chi connectivity index (χ0v) is 12.3. The molecule has 0 spiro atoms. The van der Waals surface area contributed by atoms with Crippen molar-refractivity contribution in [3.8, 4) is 0 Å². The number of aliphatic hydroxyl groups is 1. The summed E-state index contributed by atoms with van der Waals surface area (Å²) in [5.41, 5.74) is 1.89. The van der Waals surface area contributed by atoms with Gasteiger partial charge in [0.2, 0.25) is 0 Å². The fraction of sp³-hybridized carbons (Fsp3) is 0.462. The van der Waals surface area contributed by atoms with Crippen molar-refractivity contribution in [2.24, 2.45) is 0 Å². The third kappa shape index (κ3) is 2.46. The maximum Gasteiger partial charge on any atom is 0.131 e. The van der Waals surface area contributed by atoms with Crippen LogP contribution in [0.25, 0.3) is 0 Å². The SMILES string of the molecule is CCCn1ncc(Cl)c1C(O)c1cc(C)c(C)s1. The highest BCUT2D eigenvalue weighted by molar-refractivity contribution is 7.12. The number of rotatable bonds is 4. The number of hydrogen-bond acceptors (Lipinski definition) is 3. The number of halogens is 1. The second-order valence-corrected chi connectivity index (χ2v) is 6.09. The number of aryl methyl sites for hydroxylation is 3. The van der Waals surface area contributed by atoms with Crippen LogP contribution in [-0.2, 0) is 6.54 Å². The second-order valence-electron chi connectivity index (χ2n) is 4.39. The summed E-state index contributed by atoms with van der Waals surface area (Å²) in [7, 11) is 0. The van der Waals surface area contributed by atoms with Gasteiger partial charge < -0.3 is 5.11 Å². The first-order valence-corrected chi connectivity index (χ1v) is 7.20. The second kappa shape index (κ2) is 5.43. The van der Waals surface area contributed by atoms with Crippen LogP contribution in [0.1, 0.15) is 40.5 Å². The van der Waals surface area contributed by atoms with Crippen LogP contribution in [0, 0.1) is 13.8 Å². The molecule has 0 saturated carbocycles. The first-order chi connectivity index (χ1) is 8.54. The molecule has 2 aromatic rings. The van der Waals surface area contributed by atoms with Crippen LogP contribution in [0.3, 0.4) is 0 Å². The van der Waals surface area contributed by atoms with Gasteiger partial charge in [-0.1, -0.05) is 18.5 Å². The van der Waals surface area contributed by atoms with E-state index in [-0.39, 0.29) is 0 Å². The summed E-state index contributed by atoms with van der Waals surface area (Å²) in [5, 5.41) is 15.2. The zero-order valence-electron chi connectivity index (χ0n) is 10.8. The lowest BCUT2D eigenvalue weighted by Gasteiger charge is -2.12. The highest BCUT2D eigenvalue weighted by Gasteiger charge is 2.21. The maximum absolute atomic E-state index is 10.5. The number of thiophene rings is 1. The van der Waals surface area contributed by atoms with E-state index in [1.165, 1.54) is 10.4 Å². The van der Waals surface area contributed by atoms with E-state index < -0.39 is 6.10 Å². The fourth-order valence-electron chi connectivity index (χ4n) is 1.91. The van der Waals surface area contributed by atoms with Gasteiger partial charge in [-0.2, -0.15) is 5.10 Å². The monoisotopic (exact) mass is 284 g/mol. The van der Waals surface area contributed by atoms with Crippen LogP contribution in [-0.4, -0.2) is 14.9 Å². The summed E-state index contributed by atoms with van der Waals surface area (Å²) in [5.74, 6) is 0. The molecule has 0 aromatic carbocycles. The molecule has 0 bridgehead atoms. The molecular weight excluding hydrogens is 268 g/mol. The van der Waals surface area contributed by atoms with Crippen LogP contribution < -0.4 is 0 Å². The summed E-state index contributed by atoms with van der Waals surface area (Å²) in [4.78, 5) is 2.14. The number of hydrogen-bond donors (Lipinski definition) is 1. The molecule has 98 valence electrons. The molecule has 2 aromatic heterocycles. The number of aromatic nitrogens is 2. The minimum Gasteiger partial charge on any atom is -0.381 e. The molecular formula is C13H17ClN2OS. The smallest absolute Gasteiger partial charge is 0.131 e. The van der Waals surface area contributed by atoms with Crippen molar-refractivity contribution < 1.29 is 5.11 Å². The zero-order chi connectivity index (χ0) is 13.3. The summed E-state index contributed by atoms with van der Waals surface area (Å²) >= 11 is 7.74. The Kier molecular flexibility index (Phi) is 4.10. The summed E-state index contributed by atoms with van der Waals surface area (Å²) in [6.45, 7) is 6.95. The maximum atomic E-state index is 10.5. The first kappa shape index (κ1) is 13.6. The molecule has 2 heterocycles. The van der Waals surface area contributed by atoms with E-state index in [2.05, 4.69) is 18.9 Å². The largest absolute Gasteiger partial charge is 0.381 e. The van der Waals surface area contributed by atoms with Crippen LogP contribution >= 0.6 is 22.9 Å². The van der Waals surface area contributed by atoms with Crippen molar-refractivity contribution in [3.05, 3.63) is 38.3 Å². The van der Waals surface area contributed by atoms with E-state index in [0.717, 1.165) is 17.8 Å². The van der Waals surface area contributed by atoms with Gasteiger partial charge in [-0.25, -0.2) is 0 Å². The van der Waals surface area contributed by atoms with Gasteiger partial charge in [-0.3, -0.25) is 4.68 Å². The predicted molar refractivity (Wildman–Crippen MR) is 75.4 cm³/mol. The molecule has 0 amide bonds. The molecule has 18 heavy (non-hydrogen) atoms. The molecule has 3 nitrogen and oxygen atoms in total. The fourth-order valence-corrected chi connectivity index (χ4v) is 3.18. The van der Waals surface area contributed by atoms with E-state index in [1.807, 2.05) is 13.0 Å². The molecule has 1 unspecified atom stereocenters. The molecule has 0 aliphatic carbocycles. The average molecular weight is 285 g/mol. The van der Waals surface area contributed by atoms with Crippen LogP contribution in [0.15, 0.2) is 12.3 Å². The summed E-state index contributed by atoms with van der Waals surface area (Å²) < 4.78 is 1.79.